The van der Waals surface area contributed by atoms with E-state index in [0.717, 1.165) is 36.3 Å². The van der Waals surface area contributed by atoms with Crippen molar-refractivity contribution in [1.82, 2.24) is 20.0 Å². The molecule has 4 nitrogen and oxygen atoms in total. The summed E-state index contributed by atoms with van der Waals surface area (Å²) in [5.41, 5.74) is 2.35. The second-order valence-electron chi connectivity index (χ2n) is 5.51. The molecule has 2 heterocycles. The third-order valence-electron chi connectivity index (χ3n) is 3.73. The molecule has 1 aliphatic heterocycles. The highest BCUT2D eigenvalue weighted by atomic mass is 79.9. The van der Waals surface area contributed by atoms with E-state index in [0.29, 0.717) is 12.0 Å². The van der Waals surface area contributed by atoms with Crippen molar-refractivity contribution in [3.63, 3.8) is 0 Å². The second-order valence-corrected chi connectivity index (χ2v) is 6.30. The molecule has 1 N–H and O–H groups in total. The molecule has 18 heavy (non-hydrogen) atoms. The van der Waals surface area contributed by atoms with Crippen LogP contribution >= 0.6 is 15.9 Å². The first-order valence-corrected chi connectivity index (χ1v) is 7.42. The molecule has 2 rings (SSSR count). The van der Waals surface area contributed by atoms with Gasteiger partial charge in [-0.15, -0.1) is 0 Å². The minimum Gasteiger partial charge on any atom is -0.311 e. The zero-order chi connectivity index (χ0) is 13.3. The van der Waals surface area contributed by atoms with Gasteiger partial charge in [0.05, 0.1) is 15.9 Å². The summed E-state index contributed by atoms with van der Waals surface area (Å²) >= 11 is 3.65. The van der Waals surface area contributed by atoms with E-state index < -0.39 is 0 Å². The summed E-state index contributed by atoms with van der Waals surface area (Å²) in [6.07, 6.45) is 0. The number of aryl methyl sites for hydroxylation is 2. The minimum atomic E-state index is 0.604. The quantitative estimate of drug-likeness (QED) is 0.925. The molecule has 1 aliphatic rings. The van der Waals surface area contributed by atoms with Gasteiger partial charge in [-0.25, -0.2) is 0 Å². The molecule has 1 atom stereocenters. The molecular formula is C13H23BrN4. The van der Waals surface area contributed by atoms with Gasteiger partial charge >= 0.3 is 0 Å². The normalized spacial score (nSPS) is 21.8. The number of hydrogen-bond donors (Lipinski definition) is 1. The standard InChI is InChI=1S/C13H23BrN4/c1-9(2)11-7-18(6-5-15-11)8-12-13(14)10(3)16-17(12)4/h9,11,15H,5-8H2,1-4H3. The van der Waals surface area contributed by atoms with E-state index in [1.807, 2.05) is 18.7 Å². The molecule has 0 amide bonds. The molecule has 0 radical (unpaired) electrons. The first-order valence-electron chi connectivity index (χ1n) is 6.62. The number of halogens is 1. The van der Waals surface area contributed by atoms with Crippen molar-refractivity contribution >= 4 is 15.9 Å². The molecule has 0 aliphatic carbocycles. The molecule has 1 unspecified atom stereocenters. The molecule has 0 aromatic carbocycles. The highest BCUT2D eigenvalue weighted by molar-refractivity contribution is 9.10. The minimum absolute atomic E-state index is 0.604. The highest BCUT2D eigenvalue weighted by Gasteiger charge is 2.23. The molecule has 1 saturated heterocycles. The molecule has 5 heteroatoms. The Morgan fingerprint density at radius 1 is 1.50 bits per heavy atom. The number of aromatic nitrogens is 2. The lowest BCUT2D eigenvalue weighted by molar-refractivity contribution is 0.165. The van der Waals surface area contributed by atoms with Crippen LogP contribution in [-0.2, 0) is 13.6 Å². The first-order chi connectivity index (χ1) is 8.49. The van der Waals surface area contributed by atoms with E-state index in [2.05, 4.69) is 45.1 Å². The number of nitrogens with zero attached hydrogens (tertiary/aromatic N) is 3. The van der Waals surface area contributed by atoms with Gasteiger partial charge in [0.2, 0.25) is 0 Å². The van der Waals surface area contributed by atoms with Crippen LogP contribution in [0.25, 0.3) is 0 Å². The predicted molar refractivity (Wildman–Crippen MR) is 77.6 cm³/mol. The Morgan fingerprint density at radius 3 is 2.78 bits per heavy atom. The molecule has 0 spiro atoms. The lowest BCUT2D eigenvalue weighted by Crippen LogP contribution is -2.52. The summed E-state index contributed by atoms with van der Waals surface area (Å²) in [6.45, 7) is 10.9. The SMILES string of the molecule is Cc1nn(C)c(CN2CCNC(C(C)C)C2)c1Br. The highest BCUT2D eigenvalue weighted by Crippen LogP contribution is 2.22. The Morgan fingerprint density at radius 2 is 2.22 bits per heavy atom. The number of hydrogen-bond acceptors (Lipinski definition) is 3. The van der Waals surface area contributed by atoms with Crippen molar-refractivity contribution < 1.29 is 0 Å². The monoisotopic (exact) mass is 314 g/mol. The smallest absolute Gasteiger partial charge is 0.0739 e. The fourth-order valence-electron chi connectivity index (χ4n) is 2.50. The summed E-state index contributed by atoms with van der Waals surface area (Å²) in [4.78, 5) is 2.52. The van der Waals surface area contributed by atoms with Crippen LogP contribution in [0.2, 0.25) is 0 Å². The summed E-state index contributed by atoms with van der Waals surface area (Å²) in [6, 6.07) is 0.604. The van der Waals surface area contributed by atoms with Crippen LogP contribution in [0.1, 0.15) is 25.2 Å². The van der Waals surface area contributed by atoms with Crippen LogP contribution in [0.5, 0.6) is 0 Å². The maximum atomic E-state index is 4.46. The van der Waals surface area contributed by atoms with Crippen molar-refractivity contribution in [3.8, 4) is 0 Å². The Kier molecular flexibility index (Phi) is 4.45. The van der Waals surface area contributed by atoms with Crippen LogP contribution in [0.15, 0.2) is 4.47 Å². The molecule has 1 aromatic heterocycles. The zero-order valence-electron chi connectivity index (χ0n) is 11.7. The lowest BCUT2D eigenvalue weighted by Gasteiger charge is -2.35. The number of piperazine rings is 1. The summed E-state index contributed by atoms with van der Waals surface area (Å²) < 4.78 is 3.15. The van der Waals surface area contributed by atoms with Crippen LogP contribution in [0.4, 0.5) is 0 Å². The number of rotatable bonds is 3. The fraction of sp³-hybridized carbons (Fsp3) is 0.769. The van der Waals surface area contributed by atoms with E-state index >= 15 is 0 Å². The Bertz CT molecular complexity index is 413. The van der Waals surface area contributed by atoms with Crippen LogP contribution in [0.3, 0.4) is 0 Å². The van der Waals surface area contributed by atoms with E-state index in [-0.39, 0.29) is 0 Å². The van der Waals surface area contributed by atoms with Gasteiger partial charge in [-0.2, -0.15) is 5.10 Å². The van der Waals surface area contributed by atoms with Gasteiger partial charge in [-0.1, -0.05) is 13.8 Å². The van der Waals surface area contributed by atoms with Crippen molar-refractivity contribution in [3.05, 3.63) is 15.9 Å². The van der Waals surface area contributed by atoms with Crippen molar-refractivity contribution in [2.24, 2.45) is 13.0 Å². The Hall–Kier alpha value is -0.390. The summed E-state index contributed by atoms with van der Waals surface area (Å²) in [5, 5.41) is 8.05. The van der Waals surface area contributed by atoms with Gasteiger partial charge in [0.25, 0.3) is 0 Å². The third kappa shape index (κ3) is 2.95. The van der Waals surface area contributed by atoms with Gasteiger partial charge in [-0.3, -0.25) is 9.58 Å². The van der Waals surface area contributed by atoms with E-state index in [1.54, 1.807) is 0 Å². The van der Waals surface area contributed by atoms with Gasteiger partial charge in [-0.05, 0) is 28.8 Å². The van der Waals surface area contributed by atoms with Crippen LogP contribution < -0.4 is 5.32 Å². The van der Waals surface area contributed by atoms with E-state index in [1.165, 1.54) is 5.69 Å². The van der Waals surface area contributed by atoms with Crippen molar-refractivity contribution in [2.45, 2.75) is 33.4 Å². The average molecular weight is 315 g/mol. The maximum absolute atomic E-state index is 4.46. The van der Waals surface area contributed by atoms with Crippen LogP contribution in [-0.4, -0.2) is 40.4 Å². The molecule has 102 valence electrons. The van der Waals surface area contributed by atoms with Gasteiger partial charge in [0, 0.05) is 39.3 Å². The molecular weight excluding hydrogens is 292 g/mol. The molecule has 0 saturated carbocycles. The molecule has 0 bridgehead atoms. The summed E-state index contributed by atoms with van der Waals surface area (Å²) in [5.74, 6) is 0.685. The van der Waals surface area contributed by atoms with Crippen LogP contribution in [0, 0.1) is 12.8 Å². The first kappa shape index (κ1) is 14.0. The van der Waals surface area contributed by atoms with Crippen molar-refractivity contribution in [1.29, 1.82) is 0 Å². The largest absolute Gasteiger partial charge is 0.311 e. The van der Waals surface area contributed by atoms with Gasteiger partial charge < -0.3 is 5.32 Å². The van der Waals surface area contributed by atoms with E-state index in [4.69, 9.17) is 0 Å². The molecule has 1 aromatic rings. The topological polar surface area (TPSA) is 33.1 Å². The zero-order valence-corrected chi connectivity index (χ0v) is 13.3. The van der Waals surface area contributed by atoms with E-state index in [9.17, 15) is 0 Å². The lowest BCUT2D eigenvalue weighted by atomic mass is 10.0. The van der Waals surface area contributed by atoms with Crippen molar-refractivity contribution in [2.75, 3.05) is 19.6 Å². The van der Waals surface area contributed by atoms with Gasteiger partial charge in [0.1, 0.15) is 0 Å². The fourth-order valence-corrected chi connectivity index (χ4v) is 2.96. The summed E-state index contributed by atoms with van der Waals surface area (Å²) in [7, 11) is 2.02. The maximum Gasteiger partial charge on any atom is 0.0739 e. The third-order valence-corrected chi connectivity index (χ3v) is 4.76. The number of nitrogens with one attached hydrogen (secondary N) is 1. The average Bonchev–Trinajstić information content (AvgIpc) is 2.56. The predicted octanol–water partition coefficient (Wildman–Crippen LogP) is 1.92. The molecule has 1 fully saturated rings. The Labute approximate surface area is 118 Å². The Balaban J connectivity index is 2.05. The second kappa shape index (κ2) is 5.72. The van der Waals surface area contributed by atoms with Gasteiger partial charge in [0.15, 0.2) is 0 Å².